The summed E-state index contributed by atoms with van der Waals surface area (Å²) in [5.41, 5.74) is 0.760. The summed E-state index contributed by atoms with van der Waals surface area (Å²) in [7, 11) is 0. The maximum atomic E-state index is 13.4. The quantitative estimate of drug-likeness (QED) is 0.545. The fourth-order valence-electron chi connectivity index (χ4n) is 3.84. The number of pyridine rings is 1. The highest BCUT2D eigenvalue weighted by Gasteiger charge is 2.26. The van der Waals surface area contributed by atoms with Crippen molar-refractivity contribution in [2.45, 2.75) is 32.1 Å². The minimum absolute atomic E-state index is 0.00904. The van der Waals surface area contributed by atoms with Gasteiger partial charge in [-0.05, 0) is 30.2 Å². The predicted octanol–water partition coefficient (Wildman–Crippen LogP) is 4.61. The molecular formula is C21H18Cl2F3N3O2. The lowest BCUT2D eigenvalue weighted by molar-refractivity contribution is -0.131. The number of carbonyl (C=O) groups excluding carboxylic acids is 1. The van der Waals surface area contributed by atoms with Crippen molar-refractivity contribution >= 4 is 40.0 Å². The largest absolute Gasteiger partial charge is 0.341 e. The molecule has 4 rings (SSSR count). The van der Waals surface area contributed by atoms with Gasteiger partial charge in [-0.25, -0.2) is 13.2 Å². The fourth-order valence-corrected chi connectivity index (χ4v) is 4.14. The summed E-state index contributed by atoms with van der Waals surface area (Å²) in [6.07, 6.45) is -0.542. The topological polar surface area (TPSA) is 47.2 Å². The highest BCUT2D eigenvalue weighted by Crippen LogP contribution is 2.33. The van der Waals surface area contributed by atoms with E-state index in [0.29, 0.717) is 28.2 Å². The monoisotopic (exact) mass is 471 g/mol. The molecule has 1 aliphatic rings. The molecule has 0 radical (unpaired) electrons. The first-order valence-corrected chi connectivity index (χ1v) is 10.4. The third kappa shape index (κ3) is 4.32. The van der Waals surface area contributed by atoms with E-state index in [-0.39, 0.29) is 35.8 Å². The molecule has 164 valence electrons. The van der Waals surface area contributed by atoms with Gasteiger partial charge in [0.2, 0.25) is 5.91 Å². The van der Waals surface area contributed by atoms with E-state index in [1.165, 1.54) is 32.5 Å². The van der Waals surface area contributed by atoms with Crippen LogP contribution in [0.25, 0.3) is 22.0 Å². The number of fused-ring (bicyclic) bond motifs is 1. The lowest BCUT2D eigenvalue weighted by Gasteiger charge is -2.16. The number of halogens is 5. The highest BCUT2D eigenvalue weighted by molar-refractivity contribution is 6.42. The van der Waals surface area contributed by atoms with Gasteiger partial charge in [-0.3, -0.25) is 9.59 Å². The third-order valence-corrected chi connectivity index (χ3v) is 6.10. The molecule has 3 heterocycles. The van der Waals surface area contributed by atoms with Gasteiger partial charge in [0, 0.05) is 24.5 Å². The van der Waals surface area contributed by atoms with Crippen LogP contribution >= 0.6 is 23.2 Å². The number of nitrogens with zero attached hydrogens (tertiary/aromatic N) is 3. The molecule has 1 fully saturated rings. The summed E-state index contributed by atoms with van der Waals surface area (Å²) in [6.45, 7) is -0.542. The Morgan fingerprint density at radius 1 is 1.16 bits per heavy atom. The molecule has 0 bridgehead atoms. The Bertz CT molecular complexity index is 1210. The van der Waals surface area contributed by atoms with E-state index in [0.717, 1.165) is 0 Å². The number of amides is 1. The zero-order valence-electron chi connectivity index (χ0n) is 16.2. The van der Waals surface area contributed by atoms with Crippen LogP contribution in [0.1, 0.15) is 6.42 Å². The van der Waals surface area contributed by atoms with E-state index in [4.69, 9.17) is 23.2 Å². The zero-order chi connectivity index (χ0) is 22.3. The Hall–Kier alpha value is -2.45. The number of hydrogen-bond acceptors (Lipinski definition) is 2. The van der Waals surface area contributed by atoms with E-state index in [1.807, 2.05) is 0 Å². The molecule has 1 atom stereocenters. The number of aromatic nitrogens is 2. The van der Waals surface area contributed by atoms with Gasteiger partial charge in [-0.15, -0.1) is 0 Å². The molecule has 2 aromatic heterocycles. The second-order valence-electron chi connectivity index (χ2n) is 7.45. The zero-order valence-corrected chi connectivity index (χ0v) is 17.7. The third-order valence-electron chi connectivity index (χ3n) is 5.36. The van der Waals surface area contributed by atoms with Crippen LogP contribution in [0.2, 0.25) is 10.0 Å². The molecule has 3 aromatic rings. The van der Waals surface area contributed by atoms with E-state index >= 15 is 0 Å². The molecule has 1 aliphatic heterocycles. The first kappa shape index (κ1) is 21.8. The Kier molecular flexibility index (Phi) is 6.03. The van der Waals surface area contributed by atoms with Gasteiger partial charge in [0.05, 0.1) is 34.0 Å². The lowest BCUT2D eigenvalue weighted by atomic mass is 10.1. The van der Waals surface area contributed by atoms with Crippen LogP contribution in [0, 0.1) is 0 Å². The van der Waals surface area contributed by atoms with Crippen LogP contribution in [-0.2, 0) is 17.9 Å². The van der Waals surface area contributed by atoms with Crippen LogP contribution in [0.3, 0.4) is 0 Å². The van der Waals surface area contributed by atoms with Crippen LogP contribution in [0.5, 0.6) is 0 Å². The van der Waals surface area contributed by atoms with Crippen molar-refractivity contribution in [1.29, 1.82) is 0 Å². The maximum absolute atomic E-state index is 13.4. The average Bonchev–Trinajstić information content (AvgIpc) is 3.30. The van der Waals surface area contributed by atoms with Crippen LogP contribution in [0.4, 0.5) is 13.2 Å². The fraction of sp³-hybridized carbons (Fsp3) is 0.333. The van der Waals surface area contributed by atoms with Gasteiger partial charge in [-0.2, -0.15) is 0 Å². The van der Waals surface area contributed by atoms with Gasteiger partial charge >= 0.3 is 0 Å². The standard InChI is InChI=1S/C21H18Cl2F3N3O2/c22-15-2-1-12(7-16(15)23)14-9-29(10-18(25)26)17-4-6-28(21(31)20(14)17)11-19(30)27-5-3-13(24)8-27/h1-2,4,6-7,9,13,18H,3,5,8,10-11H2. The van der Waals surface area contributed by atoms with Crippen molar-refractivity contribution in [3.63, 3.8) is 0 Å². The van der Waals surface area contributed by atoms with E-state index in [9.17, 15) is 22.8 Å². The van der Waals surface area contributed by atoms with Crippen molar-refractivity contribution in [2.75, 3.05) is 13.1 Å². The number of benzene rings is 1. The van der Waals surface area contributed by atoms with Gasteiger partial charge in [-0.1, -0.05) is 29.3 Å². The number of hydrogen-bond donors (Lipinski definition) is 0. The molecule has 0 spiro atoms. The summed E-state index contributed by atoms with van der Waals surface area (Å²) in [5.74, 6) is -0.371. The van der Waals surface area contributed by atoms with Gasteiger partial charge in [0.1, 0.15) is 12.7 Å². The average molecular weight is 472 g/mol. The van der Waals surface area contributed by atoms with Crippen LogP contribution in [-0.4, -0.2) is 45.6 Å². The smallest absolute Gasteiger partial charge is 0.261 e. The lowest BCUT2D eigenvalue weighted by Crippen LogP contribution is -2.35. The summed E-state index contributed by atoms with van der Waals surface area (Å²) >= 11 is 12.1. The van der Waals surface area contributed by atoms with E-state index in [2.05, 4.69) is 0 Å². The van der Waals surface area contributed by atoms with Crippen LogP contribution < -0.4 is 5.56 Å². The predicted molar refractivity (Wildman–Crippen MR) is 114 cm³/mol. The van der Waals surface area contributed by atoms with E-state index < -0.39 is 24.7 Å². The highest BCUT2D eigenvalue weighted by atomic mass is 35.5. The van der Waals surface area contributed by atoms with Crippen molar-refractivity contribution in [3.05, 3.63) is 57.1 Å². The Labute approximate surface area is 185 Å². The number of carbonyl (C=O) groups is 1. The molecule has 31 heavy (non-hydrogen) atoms. The Balaban J connectivity index is 1.80. The molecule has 5 nitrogen and oxygen atoms in total. The van der Waals surface area contributed by atoms with Gasteiger partial charge in [0.15, 0.2) is 0 Å². The molecule has 0 aliphatic carbocycles. The molecule has 0 N–H and O–H groups in total. The minimum atomic E-state index is -2.62. The summed E-state index contributed by atoms with van der Waals surface area (Å²) in [4.78, 5) is 27.1. The maximum Gasteiger partial charge on any atom is 0.261 e. The van der Waals surface area contributed by atoms with Gasteiger partial charge in [0.25, 0.3) is 12.0 Å². The second kappa shape index (κ2) is 8.59. The summed E-state index contributed by atoms with van der Waals surface area (Å²) < 4.78 is 42.2. The van der Waals surface area contributed by atoms with Crippen molar-refractivity contribution in [1.82, 2.24) is 14.0 Å². The molecule has 1 amide bonds. The SMILES string of the molecule is O=C(Cn1ccc2c(c(-c3ccc(Cl)c(Cl)c3)cn2CC(F)F)c1=O)N1CCC(F)C1. The van der Waals surface area contributed by atoms with E-state index in [1.54, 1.807) is 18.2 Å². The second-order valence-corrected chi connectivity index (χ2v) is 8.26. The first-order chi connectivity index (χ1) is 14.7. The molecule has 1 saturated heterocycles. The van der Waals surface area contributed by atoms with Crippen LogP contribution in [0.15, 0.2) is 41.5 Å². The summed E-state index contributed by atoms with van der Waals surface area (Å²) in [5, 5.41) is 0.774. The number of rotatable bonds is 5. The number of likely N-dealkylation sites (tertiary alicyclic amines) is 1. The first-order valence-electron chi connectivity index (χ1n) is 9.62. The van der Waals surface area contributed by atoms with Crippen molar-refractivity contribution < 1.29 is 18.0 Å². The number of alkyl halides is 3. The van der Waals surface area contributed by atoms with Gasteiger partial charge < -0.3 is 14.0 Å². The molecular weight excluding hydrogens is 454 g/mol. The normalized spacial score (nSPS) is 16.6. The molecule has 10 heteroatoms. The molecule has 1 unspecified atom stereocenters. The summed E-state index contributed by atoms with van der Waals surface area (Å²) in [6, 6.07) is 6.28. The Morgan fingerprint density at radius 3 is 2.58 bits per heavy atom. The molecule has 1 aromatic carbocycles. The van der Waals surface area contributed by atoms with Crippen molar-refractivity contribution in [3.8, 4) is 11.1 Å². The molecule has 0 saturated carbocycles. The Morgan fingerprint density at radius 2 is 1.94 bits per heavy atom. The van der Waals surface area contributed by atoms with Crippen molar-refractivity contribution in [2.24, 2.45) is 0 Å². The minimum Gasteiger partial charge on any atom is -0.341 e.